The number of halogens is 1. The number of para-hydroxylation sites is 2. The molecule has 0 aliphatic rings. The van der Waals surface area contributed by atoms with Gasteiger partial charge in [-0.3, -0.25) is 4.79 Å². The summed E-state index contributed by atoms with van der Waals surface area (Å²) in [6.07, 6.45) is 1.11. The van der Waals surface area contributed by atoms with Crippen LogP contribution in [0.5, 0.6) is 5.75 Å². The second-order valence-electron chi connectivity index (χ2n) is 8.08. The Morgan fingerprint density at radius 1 is 1.06 bits per heavy atom. The molecule has 170 valence electrons. The number of carbonyl (C=O) groups excluding carboxylic acids is 1. The van der Waals surface area contributed by atoms with Gasteiger partial charge in [-0.05, 0) is 66.4 Å². The highest BCUT2D eigenvalue weighted by atomic mass is 19.1. The van der Waals surface area contributed by atoms with E-state index in [0.29, 0.717) is 24.6 Å². The van der Waals surface area contributed by atoms with E-state index < -0.39 is 0 Å². The van der Waals surface area contributed by atoms with E-state index in [1.807, 2.05) is 36.4 Å². The van der Waals surface area contributed by atoms with E-state index in [9.17, 15) is 9.18 Å². The van der Waals surface area contributed by atoms with Crippen LogP contribution >= 0.6 is 0 Å². The number of hydrogen-bond acceptors (Lipinski definition) is 3. The number of hydrogen-bond donors (Lipinski definition) is 1. The van der Waals surface area contributed by atoms with Crippen molar-refractivity contribution in [2.75, 3.05) is 6.61 Å². The standard InChI is InChI=1S/C27H28FN3O2/c1-3-19(2)20-10-14-23(15-11-20)33-17-16-31-25-7-5-4-6-24(25)30-26(31)18-29-27(32)21-8-12-22(28)13-9-21/h4-15,19H,3,16-18H2,1-2H3,(H,29,32). The highest BCUT2D eigenvalue weighted by Crippen LogP contribution is 2.22. The molecule has 6 heteroatoms. The first-order chi connectivity index (χ1) is 16.0. The van der Waals surface area contributed by atoms with Crippen molar-refractivity contribution in [3.63, 3.8) is 0 Å². The lowest BCUT2D eigenvalue weighted by atomic mass is 9.99. The summed E-state index contributed by atoms with van der Waals surface area (Å²) < 4.78 is 21.2. The zero-order valence-electron chi connectivity index (χ0n) is 18.9. The molecule has 0 aliphatic carbocycles. The summed E-state index contributed by atoms with van der Waals surface area (Å²) in [4.78, 5) is 17.1. The highest BCUT2D eigenvalue weighted by molar-refractivity contribution is 5.94. The summed E-state index contributed by atoms with van der Waals surface area (Å²) >= 11 is 0. The van der Waals surface area contributed by atoms with Gasteiger partial charge in [0.15, 0.2) is 0 Å². The van der Waals surface area contributed by atoms with Crippen molar-refractivity contribution in [2.45, 2.75) is 39.3 Å². The molecule has 1 aromatic heterocycles. The number of aromatic nitrogens is 2. The maximum atomic E-state index is 13.1. The van der Waals surface area contributed by atoms with Crippen LogP contribution in [0.1, 0.15) is 47.9 Å². The Balaban J connectivity index is 1.43. The molecule has 1 atom stereocenters. The number of rotatable bonds is 9. The van der Waals surface area contributed by atoms with Crippen LogP contribution in [-0.4, -0.2) is 22.1 Å². The summed E-state index contributed by atoms with van der Waals surface area (Å²) in [6, 6.07) is 21.6. The molecular weight excluding hydrogens is 417 g/mol. The van der Waals surface area contributed by atoms with Crippen LogP contribution in [0.4, 0.5) is 4.39 Å². The third kappa shape index (κ3) is 5.40. The van der Waals surface area contributed by atoms with E-state index in [1.165, 1.54) is 29.8 Å². The van der Waals surface area contributed by atoms with Gasteiger partial charge in [-0.25, -0.2) is 9.37 Å². The normalized spacial score (nSPS) is 12.0. The number of imidazole rings is 1. The Morgan fingerprint density at radius 2 is 1.79 bits per heavy atom. The number of ether oxygens (including phenoxy) is 1. The van der Waals surface area contributed by atoms with Gasteiger partial charge in [0.05, 0.1) is 24.1 Å². The van der Waals surface area contributed by atoms with Gasteiger partial charge in [0.2, 0.25) is 0 Å². The number of fused-ring (bicyclic) bond motifs is 1. The van der Waals surface area contributed by atoms with E-state index in [0.717, 1.165) is 29.0 Å². The van der Waals surface area contributed by atoms with Crippen molar-refractivity contribution in [3.8, 4) is 5.75 Å². The Bertz CT molecular complexity index is 1220. The van der Waals surface area contributed by atoms with Crippen molar-refractivity contribution in [3.05, 3.63) is 95.6 Å². The molecule has 5 nitrogen and oxygen atoms in total. The first-order valence-corrected chi connectivity index (χ1v) is 11.3. The molecular formula is C27H28FN3O2. The molecule has 0 fully saturated rings. The smallest absolute Gasteiger partial charge is 0.251 e. The van der Waals surface area contributed by atoms with E-state index >= 15 is 0 Å². The molecule has 1 unspecified atom stereocenters. The maximum absolute atomic E-state index is 13.1. The molecule has 0 bridgehead atoms. The molecule has 0 saturated carbocycles. The molecule has 1 heterocycles. The van der Waals surface area contributed by atoms with E-state index in [2.05, 4.69) is 35.9 Å². The van der Waals surface area contributed by atoms with Gasteiger partial charge in [-0.15, -0.1) is 0 Å². The second kappa shape index (κ2) is 10.3. The number of nitrogens with one attached hydrogen (secondary N) is 1. The fourth-order valence-electron chi connectivity index (χ4n) is 3.76. The molecule has 1 N–H and O–H groups in total. The Hall–Kier alpha value is -3.67. The first-order valence-electron chi connectivity index (χ1n) is 11.3. The van der Waals surface area contributed by atoms with Gasteiger partial charge >= 0.3 is 0 Å². The molecule has 33 heavy (non-hydrogen) atoms. The van der Waals surface area contributed by atoms with Gasteiger partial charge in [0.25, 0.3) is 5.91 Å². The van der Waals surface area contributed by atoms with Crippen LogP contribution in [0.3, 0.4) is 0 Å². The van der Waals surface area contributed by atoms with Gasteiger partial charge in [-0.1, -0.05) is 38.1 Å². The quantitative estimate of drug-likeness (QED) is 0.360. The van der Waals surface area contributed by atoms with E-state index in [4.69, 9.17) is 9.72 Å². The second-order valence-corrected chi connectivity index (χ2v) is 8.08. The zero-order valence-corrected chi connectivity index (χ0v) is 18.9. The third-order valence-corrected chi connectivity index (χ3v) is 5.89. The van der Waals surface area contributed by atoms with Gasteiger partial charge < -0.3 is 14.6 Å². The van der Waals surface area contributed by atoms with E-state index in [1.54, 1.807) is 0 Å². The topological polar surface area (TPSA) is 56.1 Å². The first kappa shape index (κ1) is 22.5. The summed E-state index contributed by atoms with van der Waals surface area (Å²) in [7, 11) is 0. The minimum absolute atomic E-state index is 0.258. The van der Waals surface area contributed by atoms with Gasteiger partial charge in [0.1, 0.15) is 24.0 Å². The predicted molar refractivity (Wildman–Crippen MR) is 128 cm³/mol. The Kier molecular flexibility index (Phi) is 7.03. The Labute approximate surface area is 193 Å². The van der Waals surface area contributed by atoms with Crippen molar-refractivity contribution < 1.29 is 13.9 Å². The lowest BCUT2D eigenvalue weighted by Gasteiger charge is -2.13. The molecule has 0 radical (unpaired) electrons. The summed E-state index contributed by atoms with van der Waals surface area (Å²) in [5.74, 6) is 1.46. The predicted octanol–water partition coefficient (Wildman–Crippen LogP) is 5.70. The van der Waals surface area contributed by atoms with Gasteiger partial charge in [0, 0.05) is 5.56 Å². The molecule has 1 amide bonds. The van der Waals surface area contributed by atoms with Crippen molar-refractivity contribution in [2.24, 2.45) is 0 Å². The van der Waals surface area contributed by atoms with E-state index in [-0.39, 0.29) is 18.3 Å². The molecule has 0 spiro atoms. The minimum Gasteiger partial charge on any atom is -0.492 e. The maximum Gasteiger partial charge on any atom is 0.251 e. The summed E-state index contributed by atoms with van der Waals surface area (Å²) in [5, 5.41) is 2.88. The lowest BCUT2D eigenvalue weighted by molar-refractivity contribution is 0.0949. The van der Waals surface area contributed by atoms with Crippen molar-refractivity contribution >= 4 is 16.9 Å². The van der Waals surface area contributed by atoms with Crippen LogP contribution in [0.2, 0.25) is 0 Å². The minimum atomic E-state index is -0.372. The van der Waals surface area contributed by atoms with Crippen LogP contribution in [0.25, 0.3) is 11.0 Å². The van der Waals surface area contributed by atoms with Crippen LogP contribution < -0.4 is 10.1 Å². The lowest BCUT2D eigenvalue weighted by Crippen LogP contribution is -2.25. The van der Waals surface area contributed by atoms with Gasteiger partial charge in [-0.2, -0.15) is 0 Å². The third-order valence-electron chi connectivity index (χ3n) is 5.89. The molecule has 0 saturated heterocycles. The monoisotopic (exact) mass is 445 g/mol. The molecule has 4 aromatic rings. The molecule has 4 rings (SSSR count). The number of carbonyl (C=O) groups is 1. The van der Waals surface area contributed by atoms with Crippen LogP contribution in [-0.2, 0) is 13.1 Å². The molecule has 0 aliphatic heterocycles. The fraction of sp³-hybridized carbons (Fsp3) is 0.259. The largest absolute Gasteiger partial charge is 0.492 e. The average molecular weight is 446 g/mol. The number of amides is 1. The molecule has 3 aromatic carbocycles. The van der Waals surface area contributed by atoms with Crippen LogP contribution in [0.15, 0.2) is 72.8 Å². The highest BCUT2D eigenvalue weighted by Gasteiger charge is 2.13. The summed E-state index contributed by atoms with van der Waals surface area (Å²) in [5.41, 5.74) is 3.56. The van der Waals surface area contributed by atoms with Crippen molar-refractivity contribution in [1.82, 2.24) is 14.9 Å². The number of benzene rings is 3. The Morgan fingerprint density at radius 3 is 2.52 bits per heavy atom. The average Bonchev–Trinajstić information content (AvgIpc) is 3.20. The van der Waals surface area contributed by atoms with Crippen molar-refractivity contribution in [1.29, 1.82) is 0 Å². The zero-order chi connectivity index (χ0) is 23.2. The number of nitrogens with zero attached hydrogens (tertiary/aromatic N) is 2. The fourth-order valence-corrected chi connectivity index (χ4v) is 3.76. The SMILES string of the molecule is CCC(C)c1ccc(OCCn2c(CNC(=O)c3ccc(F)cc3)nc3ccccc32)cc1. The summed E-state index contributed by atoms with van der Waals surface area (Å²) in [6.45, 7) is 5.73. The van der Waals surface area contributed by atoms with Crippen LogP contribution in [0, 0.1) is 5.82 Å².